The molecule has 1 aromatic rings. The molecule has 0 saturated carbocycles. The van der Waals surface area contributed by atoms with Crippen LogP contribution in [-0.2, 0) is 4.79 Å². The zero-order valence-electron chi connectivity index (χ0n) is 6.24. The number of amides is 1. The van der Waals surface area contributed by atoms with E-state index in [-0.39, 0.29) is 5.91 Å². The van der Waals surface area contributed by atoms with Gasteiger partial charge in [-0.05, 0) is 18.2 Å². The lowest BCUT2D eigenvalue weighted by molar-refractivity contribution is -0.113. The predicted molar refractivity (Wildman–Crippen MR) is 45.2 cm³/mol. The van der Waals surface area contributed by atoms with E-state index in [0.717, 1.165) is 0 Å². The van der Waals surface area contributed by atoms with Gasteiger partial charge in [0.05, 0.1) is 0 Å². The van der Waals surface area contributed by atoms with Crippen molar-refractivity contribution in [3.05, 3.63) is 30.6 Å². The summed E-state index contributed by atoms with van der Waals surface area (Å²) in [6.07, 6.45) is 4.98. The molecule has 0 bridgehead atoms. The third kappa shape index (κ3) is 1.14. The van der Waals surface area contributed by atoms with Gasteiger partial charge in [-0.1, -0.05) is 0 Å². The van der Waals surface area contributed by atoms with Crippen LogP contribution in [0.25, 0.3) is 0 Å². The topological polar surface area (TPSA) is 57.2 Å². The molecule has 0 saturated heterocycles. The van der Waals surface area contributed by atoms with Gasteiger partial charge in [-0.3, -0.25) is 4.79 Å². The quantitative estimate of drug-likeness (QED) is 0.626. The Kier molecular flexibility index (Phi) is 1.51. The first-order chi connectivity index (χ1) is 5.86. The second-order valence-electron chi connectivity index (χ2n) is 2.36. The molecular weight excluding hydrogens is 154 g/mol. The largest absolute Gasteiger partial charge is 0.347 e. The zero-order valence-corrected chi connectivity index (χ0v) is 6.24. The van der Waals surface area contributed by atoms with Gasteiger partial charge in [-0.15, -0.1) is 0 Å². The van der Waals surface area contributed by atoms with E-state index in [1.54, 1.807) is 24.5 Å². The number of hydrogen-bond donors (Lipinski definition) is 2. The number of nitrogens with one attached hydrogen (secondary N) is 2. The highest BCUT2D eigenvalue weighted by atomic mass is 16.2. The summed E-state index contributed by atoms with van der Waals surface area (Å²) in [4.78, 5) is 17.9. The van der Waals surface area contributed by atoms with Crippen LogP contribution >= 0.6 is 0 Å². The molecule has 4 nitrogen and oxygen atoms in total. The molecule has 0 atom stereocenters. The molecule has 0 fully saturated rings. The van der Waals surface area contributed by atoms with E-state index in [2.05, 4.69) is 15.3 Å². The molecule has 0 unspecified atom stereocenters. The van der Waals surface area contributed by atoms with Crippen LogP contribution in [0.15, 0.2) is 35.6 Å². The molecule has 1 aliphatic rings. The van der Waals surface area contributed by atoms with Crippen molar-refractivity contribution in [3.63, 3.8) is 0 Å². The minimum absolute atomic E-state index is 0.162. The van der Waals surface area contributed by atoms with Crippen LogP contribution in [0.3, 0.4) is 0 Å². The molecule has 1 amide bonds. The summed E-state index contributed by atoms with van der Waals surface area (Å²) in [5.74, 6) is 0.524. The molecule has 2 rings (SSSR count). The Balaban J connectivity index is 2.29. The van der Waals surface area contributed by atoms with Gasteiger partial charge in [0.15, 0.2) is 0 Å². The van der Waals surface area contributed by atoms with Crippen molar-refractivity contribution >= 4 is 17.4 Å². The number of nitrogens with zero attached hydrogens (tertiary/aromatic N) is 1. The predicted octanol–water partition coefficient (Wildman–Crippen LogP) is 0.731. The number of aromatic nitrogens is 1. The summed E-state index contributed by atoms with van der Waals surface area (Å²) in [7, 11) is 0. The molecule has 1 aliphatic heterocycles. The maximum absolute atomic E-state index is 11.0. The second-order valence-corrected chi connectivity index (χ2v) is 2.36. The van der Waals surface area contributed by atoms with Crippen LogP contribution in [0.1, 0.15) is 0 Å². The van der Waals surface area contributed by atoms with Crippen LogP contribution in [0, 0.1) is 0 Å². The fourth-order valence-corrected chi connectivity index (χ4v) is 0.954. The van der Waals surface area contributed by atoms with Gasteiger partial charge in [0.2, 0.25) is 0 Å². The number of rotatable bonds is 1. The Hall–Kier alpha value is -1.84. The number of H-pyrrole nitrogens is 1. The van der Waals surface area contributed by atoms with Gasteiger partial charge in [-0.25, -0.2) is 4.99 Å². The van der Waals surface area contributed by atoms with Crippen LogP contribution in [-0.4, -0.2) is 16.6 Å². The Labute approximate surface area is 69.0 Å². The van der Waals surface area contributed by atoms with Crippen molar-refractivity contribution in [2.45, 2.75) is 0 Å². The highest BCUT2D eigenvalue weighted by Crippen LogP contribution is 2.08. The summed E-state index contributed by atoms with van der Waals surface area (Å²) in [5, 5.41) is 2.52. The van der Waals surface area contributed by atoms with Crippen molar-refractivity contribution in [1.82, 2.24) is 10.3 Å². The number of aromatic amines is 1. The monoisotopic (exact) mass is 161 g/mol. The van der Waals surface area contributed by atoms with Gasteiger partial charge in [0, 0.05) is 12.4 Å². The van der Waals surface area contributed by atoms with Gasteiger partial charge in [0.1, 0.15) is 11.5 Å². The van der Waals surface area contributed by atoms with Crippen LogP contribution in [0.4, 0.5) is 5.82 Å². The molecule has 2 N–H and O–H groups in total. The molecule has 0 aliphatic carbocycles. The van der Waals surface area contributed by atoms with E-state index in [1.807, 2.05) is 6.07 Å². The average Bonchev–Trinajstić information content (AvgIpc) is 2.65. The van der Waals surface area contributed by atoms with Crippen LogP contribution in [0.5, 0.6) is 0 Å². The highest BCUT2D eigenvalue weighted by Gasteiger charge is 2.11. The van der Waals surface area contributed by atoms with E-state index in [1.165, 1.54) is 0 Å². The van der Waals surface area contributed by atoms with E-state index in [0.29, 0.717) is 11.5 Å². The van der Waals surface area contributed by atoms with Crippen molar-refractivity contribution in [2.75, 3.05) is 0 Å². The SMILES string of the molecule is O=C1NC=C/C1=N\c1ccc[nH]1. The third-order valence-corrected chi connectivity index (χ3v) is 1.51. The van der Waals surface area contributed by atoms with E-state index in [9.17, 15) is 4.79 Å². The van der Waals surface area contributed by atoms with Gasteiger partial charge in [0.25, 0.3) is 5.91 Å². The Morgan fingerprint density at radius 3 is 2.92 bits per heavy atom. The number of hydrogen-bond acceptors (Lipinski definition) is 2. The van der Waals surface area contributed by atoms with Crippen molar-refractivity contribution in [3.8, 4) is 0 Å². The minimum Gasteiger partial charge on any atom is -0.347 e. The number of carbonyl (C=O) groups is 1. The molecule has 1 aromatic heterocycles. The lowest BCUT2D eigenvalue weighted by Crippen LogP contribution is -2.18. The Morgan fingerprint density at radius 2 is 2.33 bits per heavy atom. The minimum atomic E-state index is -0.162. The first kappa shape index (κ1) is 6.84. The summed E-state index contributed by atoms with van der Waals surface area (Å²) in [6, 6.07) is 3.63. The second kappa shape index (κ2) is 2.65. The maximum atomic E-state index is 11.0. The van der Waals surface area contributed by atoms with Gasteiger partial charge >= 0.3 is 0 Å². The Bertz CT molecular complexity index is 348. The first-order valence-electron chi connectivity index (χ1n) is 3.56. The normalized spacial score (nSPS) is 18.7. The summed E-state index contributed by atoms with van der Waals surface area (Å²) < 4.78 is 0. The number of aliphatic imine (C=N–C) groups is 1. The summed E-state index contributed by atoms with van der Waals surface area (Å²) in [5.41, 5.74) is 0.428. The van der Waals surface area contributed by atoms with E-state index >= 15 is 0 Å². The fraction of sp³-hybridized carbons (Fsp3) is 0. The molecule has 2 heterocycles. The molecule has 60 valence electrons. The van der Waals surface area contributed by atoms with Crippen molar-refractivity contribution in [2.24, 2.45) is 4.99 Å². The van der Waals surface area contributed by atoms with Crippen LogP contribution in [0.2, 0.25) is 0 Å². The molecule has 0 spiro atoms. The van der Waals surface area contributed by atoms with Crippen molar-refractivity contribution < 1.29 is 4.79 Å². The standard InChI is InChI=1S/C8H7N3O/c12-8-6(3-5-10-8)11-7-2-1-4-9-7/h1-5,9H,(H,10,11,12). The van der Waals surface area contributed by atoms with Gasteiger partial charge < -0.3 is 10.3 Å². The lowest BCUT2D eigenvalue weighted by atomic mass is 10.4. The lowest BCUT2D eigenvalue weighted by Gasteiger charge is -1.90. The molecule has 4 heteroatoms. The zero-order chi connectivity index (χ0) is 8.39. The third-order valence-electron chi connectivity index (χ3n) is 1.51. The smallest absolute Gasteiger partial charge is 0.273 e. The van der Waals surface area contributed by atoms with Gasteiger partial charge in [-0.2, -0.15) is 0 Å². The molecule has 12 heavy (non-hydrogen) atoms. The van der Waals surface area contributed by atoms with Crippen LogP contribution < -0.4 is 5.32 Å². The van der Waals surface area contributed by atoms with Crippen molar-refractivity contribution in [1.29, 1.82) is 0 Å². The molecule has 0 aromatic carbocycles. The first-order valence-corrected chi connectivity index (χ1v) is 3.56. The summed E-state index contributed by atoms with van der Waals surface area (Å²) >= 11 is 0. The highest BCUT2D eigenvalue weighted by molar-refractivity contribution is 6.45. The molecule has 0 radical (unpaired) electrons. The number of carbonyl (C=O) groups excluding carboxylic acids is 1. The fourth-order valence-electron chi connectivity index (χ4n) is 0.954. The Morgan fingerprint density at radius 1 is 1.42 bits per heavy atom. The maximum Gasteiger partial charge on any atom is 0.273 e. The summed E-state index contributed by atoms with van der Waals surface area (Å²) in [6.45, 7) is 0. The van der Waals surface area contributed by atoms with E-state index in [4.69, 9.17) is 0 Å². The molecular formula is C8H7N3O. The average molecular weight is 161 g/mol. The van der Waals surface area contributed by atoms with E-state index < -0.39 is 0 Å².